The van der Waals surface area contributed by atoms with Crippen LogP contribution in [0.1, 0.15) is 5.56 Å². The van der Waals surface area contributed by atoms with E-state index in [1.165, 1.54) is 15.6 Å². The summed E-state index contributed by atoms with van der Waals surface area (Å²) in [6.07, 6.45) is 0.0972. The van der Waals surface area contributed by atoms with Crippen LogP contribution in [-0.4, -0.2) is 43.4 Å². The molecule has 1 aromatic heterocycles. The first-order valence-electron chi connectivity index (χ1n) is 8.76. The average molecular weight is 431 g/mol. The van der Waals surface area contributed by atoms with Crippen LogP contribution in [0.15, 0.2) is 48.5 Å². The predicted octanol–water partition coefficient (Wildman–Crippen LogP) is 2.68. The summed E-state index contributed by atoms with van der Waals surface area (Å²) >= 11 is 1.23. The van der Waals surface area contributed by atoms with Gasteiger partial charge < -0.3 is 4.74 Å². The lowest BCUT2D eigenvalue weighted by molar-refractivity contribution is -0.122. The minimum atomic E-state index is -3.58. The molecule has 0 spiro atoms. The van der Waals surface area contributed by atoms with Gasteiger partial charge in [0.1, 0.15) is 10.8 Å². The van der Waals surface area contributed by atoms with E-state index in [0.717, 1.165) is 17.4 Å². The fraction of sp³-hybridized carbons (Fsp3) is 0.211. The monoisotopic (exact) mass is 430 g/mol. The molecule has 10 heteroatoms. The molecule has 4 rings (SSSR count). The number of carbonyl (C=O) groups is 1. The fourth-order valence-electron chi connectivity index (χ4n) is 2.97. The Morgan fingerprint density at radius 2 is 1.97 bits per heavy atom. The second-order valence-corrected chi connectivity index (χ2v) is 9.52. The molecule has 150 valence electrons. The zero-order valence-electron chi connectivity index (χ0n) is 15.7. The second kappa shape index (κ2) is 7.45. The highest BCUT2D eigenvalue weighted by Crippen LogP contribution is 2.36. The summed E-state index contributed by atoms with van der Waals surface area (Å²) < 4.78 is 31.5. The van der Waals surface area contributed by atoms with Crippen LogP contribution < -0.4 is 14.4 Å². The predicted molar refractivity (Wildman–Crippen MR) is 112 cm³/mol. The molecule has 0 radical (unpaired) electrons. The lowest BCUT2D eigenvalue weighted by atomic mass is 10.1. The molecule has 2 aromatic carbocycles. The van der Waals surface area contributed by atoms with E-state index in [-0.39, 0.29) is 6.54 Å². The van der Waals surface area contributed by atoms with Gasteiger partial charge in [0.15, 0.2) is 6.10 Å². The van der Waals surface area contributed by atoms with Crippen molar-refractivity contribution < 1.29 is 17.9 Å². The number of ether oxygens (including phenoxy) is 1. The first-order chi connectivity index (χ1) is 13.8. The van der Waals surface area contributed by atoms with Crippen LogP contribution >= 0.6 is 11.3 Å². The van der Waals surface area contributed by atoms with Crippen molar-refractivity contribution in [2.45, 2.75) is 13.0 Å². The number of nitrogens with zero attached hydrogens (tertiary/aromatic N) is 3. The largest absolute Gasteiger partial charge is 0.476 e. The van der Waals surface area contributed by atoms with Crippen LogP contribution in [0, 0.1) is 6.92 Å². The lowest BCUT2D eigenvalue weighted by Crippen LogP contribution is -2.48. The average Bonchev–Trinajstić information content (AvgIpc) is 3.15. The summed E-state index contributed by atoms with van der Waals surface area (Å²) in [7, 11) is -3.58. The van der Waals surface area contributed by atoms with Crippen LogP contribution in [-0.2, 0) is 14.8 Å². The van der Waals surface area contributed by atoms with E-state index in [4.69, 9.17) is 4.74 Å². The Labute approximate surface area is 172 Å². The van der Waals surface area contributed by atoms with Crippen molar-refractivity contribution in [3.8, 4) is 16.3 Å². The van der Waals surface area contributed by atoms with Gasteiger partial charge in [-0.15, -0.1) is 10.2 Å². The van der Waals surface area contributed by atoms with Crippen molar-refractivity contribution in [3.63, 3.8) is 0 Å². The third kappa shape index (κ3) is 4.08. The van der Waals surface area contributed by atoms with Crippen molar-refractivity contribution >= 4 is 38.1 Å². The summed E-state index contributed by atoms with van der Waals surface area (Å²) in [5, 5.41) is 11.8. The second-order valence-electron chi connectivity index (χ2n) is 6.64. The highest BCUT2D eigenvalue weighted by molar-refractivity contribution is 7.92. The van der Waals surface area contributed by atoms with Crippen LogP contribution in [0.4, 0.5) is 10.8 Å². The van der Waals surface area contributed by atoms with E-state index in [0.29, 0.717) is 21.6 Å². The molecule has 1 amide bonds. The first kappa shape index (κ1) is 19.3. The van der Waals surface area contributed by atoms with E-state index in [9.17, 15) is 13.2 Å². The third-order valence-electron chi connectivity index (χ3n) is 4.35. The van der Waals surface area contributed by atoms with Gasteiger partial charge in [-0.25, -0.2) is 8.42 Å². The van der Waals surface area contributed by atoms with Gasteiger partial charge in [-0.05, 0) is 24.6 Å². The van der Waals surface area contributed by atoms with Gasteiger partial charge in [0.25, 0.3) is 5.91 Å². The lowest BCUT2D eigenvalue weighted by Gasteiger charge is -2.34. The van der Waals surface area contributed by atoms with Crippen LogP contribution in [0.3, 0.4) is 0 Å². The Morgan fingerprint density at radius 1 is 1.21 bits per heavy atom. The van der Waals surface area contributed by atoms with Crippen molar-refractivity contribution in [1.82, 2.24) is 10.2 Å². The van der Waals surface area contributed by atoms with Gasteiger partial charge in [0, 0.05) is 5.56 Å². The molecule has 1 aliphatic rings. The molecule has 0 unspecified atom stereocenters. The van der Waals surface area contributed by atoms with Gasteiger partial charge in [0.2, 0.25) is 15.2 Å². The van der Waals surface area contributed by atoms with Crippen molar-refractivity contribution in [2.24, 2.45) is 0 Å². The van der Waals surface area contributed by atoms with Gasteiger partial charge in [0.05, 0.1) is 18.5 Å². The number of rotatable bonds is 4. The summed E-state index contributed by atoms with van der Waals surface area (Å²) in [6.45, 7) is 1.74. The van der Waals surface area contributed by atoms with E-state index < -0.39 is 22.0 Å². The molecule has 1 atom stereocenters. The number of anilines is 2. The molecule has 1 N–H and O–H groups in total. The Morgan fingerprint density at radius 3 is 2.69 bits per heavy atom. The summed E-state index contributed by atoms with van der Waals surface area (Å²) in [5.41, 5.74) is 2.22. The Kier molecular flexibility index (Phi) is 4.97. The fourth-order valence-corrected chi connectivity index (χ4v) is 4.63. The van der Waals surface area contributed by atoms with Crippen molar-refractivity contribution in [1.29, 1.82) is 0 Å². The minimum absolute atomic E-state index is 0.120. The number of hydrogen-bond acceptors (Lipinski definition) is 7. The maximum absolute atomic E-state index is 12.7. The zero-order chi connectivity index (χ0) is 20.6. The number of sulfonamides is 1. The SMILES string of the molecule is Cc1ccc2c(c1)N(S(C)(=O)=O)C[C@@H](C(=O)Nc1nnc(-c3ccccc3)s1)O2. The molecule has 0 aliphatic carbocycles. The molecule has 2 heterocycles. The van der Waals surface area contributed by atoms with Crippen LogP contribution in [0.2, 0.25) is 0 Å². The molecular weight excluding hydrogens is 412 g/mol. The number of aryl methyl sites for hydroxylation is 1. The first-order valence-corrected chi connectivity index (χ1v) is 11.4. The number of benzene rings is 2. The number of nitrogens with one attached hydrogen (secondary N) is 1. The number of carbonyl (C=O) groups excluding carboxylic acids is 1. The highest BCUT2D eigenvalue weighted by atomic mass is 32.2. The van der Waals surface area contributed by atoms with Crippen molar-refractivity contribution in [3.05, 3.63) is 54.1 Å². The van der Waals surface area contributed by atoms with Crippen LogP contribution in [0.25, 0.3) is 10.6 Å². The molecular formula is C19H18N4O4S2. The van der Waals surface area contributed by atoms with Gasteiger partial charge >= 0.3 is 0 Å². The molecule has 0 saturated heterocycles. The number of amides is 1. The maximum Gasteiger partial charge on any atom is 0.269 e. The molecule has 3 aromatic rings. The van der Waals surface area contributed by atoms with Crippen LogP contribution in [0.5, 0.6) is 5.75 Å². The summed E-state index contributed by atoms with van der Waals surface area (Å²) in [5.74, 6) is -0.143. The van der Waals surface area contributed by atoms with Gasteiger partial charge in [-0.2, -0.15) is 0 Å². The molecule has 0 bridgehead atoms. The van der Waals surface area contributed by atoms with E-state index in [2.05, 4.69) is 15.5 Å². The maximum atomic E-state index is 12.7. The van der Waals surface area contributed by atoms with E-state index in [1.807, 2.05) is 37.3 Å². The molecule has 1 aliphatic heterocycles. The van der Waals surface area contributed by atoms with Crippen molar-refractivity contribution in [2.75, 3.05) is 22.4 Å². The Bertz CT molecular complexity index is 1160. The Hall–Kier alpha value is -2.98. The zero-order valence-corrected chi connectivity index (χ0v) is 17.3. The molecule has 8 nitrogen and oxygen atoms in total. The quantitative estimate of drug-likeness (QED) is 0.683. The molecule has 29 heavy (non-hydrogen) atoms. The molecule has 0 saturated carbocycles. The smallest absolute Gasteiger partial charge is 0.269 e. The number of aromatic nitrogens is 2. The third-order valence-corrected chi connectivity index (χ3v) is 6.39. The molecule has 0 fully saturated rings. The number of fused-ring (bicyclic) bond motifs is 1. The van der Waals surface area contributed by atoms with Gasteiger partial charge in [-0.3, -0.25) is 14.4 Å². The topological polar surface area (TPSA) is 101 Å². The van der Waals surface area contributed by atoms with E-state index in [1.54, 1.807) is 18.2 Å². The highest BCUT2D eigenvalue weighted by Gasteiger charge is 2.35. The van der Waals surface area contributed by atoms with Gasteiger partial charge in [-0.1, -0.05) is 47.7 Å². The normalized spacial score (nSPS) is 16.1. The standard InChI is InChI=1S/C19H18N4O4S2/c1-12-8-9-15-14(10-12)23(29(2,25)26)11-16(27-15)17(24)20-19-22-21-18(28-19)13-6-4-3-5-7-13/h3-10,16H,11H2,1-2H3,(H,20,22,24)/t16-/m0/s1. The summed E-state index contributed by atoms with van der Waals surface area (Å²) in [4.78, 5) is 12.7. The van der Waals surface area contributed by atoms with E-state index >= 15 is 0 Å². The Balaban J connectivity index is 1.55. The minimum Gasteiger partial charge on any atom is -0.476 e. The summed E-state index contributed by atoms with van der Waals surface area (Å²) in [6, 6.07) is 14.7. The number of hydrogen-bond donors (Lipinski definition) is 1.